The van der Waals surface area contributed by atoms with E-state index >= 15 is 0 Å². The number of nitrogens with zero attached hydrogens (tertiary/aromatic N) is 1. The molecule has 12 heteroatoms. The number of nitrogens with one attached hydrogen (secondary N) is 4. The highest BCUT2D eigenvalue weighted by molar-refractivity contribution is 6.36. The second kappa shape index (κ2) is 15.9. The standard InChI is InChI=1S/C36H45N5O7/c1-3-16-37-34(45)28(42)15-14-26(38-35(46)30-20-24-10-5-6-13-29(24)48-30)33(44)39-27-12-8-17-41(36(27)47)21-31(43)40-32-23(4-2)18-22-9-7-11-25(32)19-22/h3,6,8,12-13,17,20,22-23,25-26,32H,1,4-5,7,9-11,14-16,18-19,21H2,2H3,(H,37,45)(H,38,46)(H,39,44)(H,40,43)/t22?,23?,25?,26-,32?/m0/s1. The molecule has 4 unspecified atom stereocenters. The summed E-state index contributed by atoms with van der Waals surface area (Å²) in [5.74, 6) is -1.17. The van der Waals surface area contributed by atoms with Crippen LogP contribution in [0.3, 0.4) is 0 Å². The van der Waals surface area contributed by atoms with Gasteiger partial charge in [0.15, 0.2) is 5.76 Å². The van der Waals surface area contributed by atoms with Crippen LogP contribution in [0, 0.1) is 17.8 Å². The number of aromatic nitrogens is 1. The van der Waals surface area contributed by atoms with E-state index in [1.807, 2.05) is 6.08 Å². The smallest absolute Gasteiger partial charge is 0.287 e. The Morgan fingerprint density at radius 1 is 1.17 bits per heavy atom. The number of ketones is 1. The van der Waals surface area contributed by atoms with Crippen LogP contribution in [0.25, 0.3) is 6.08 Å². The Hall–Kier alpha value is -4.74. The predicted octanol–water partition coefficient (Wildman–Crippen LogP) is 3.51. The summed E-state index contributed by atoms with van der Waals surface area (Å²) in [5, 5.41) is 10.8. The molecule has 2 saturated carbocycles. The highest BCUT2D eigenvalue weighted by Gasteiger charge is 2.39. The molecule has 0 aromatic carbocycles. The van der Waals surface area contributed by atoms with Crippen molar-refractivity contribution in [3.8, 4) is 0 Å². The Kier molecular flexibility index (Phi) is 11.5. The van der Waals surface area contributed by atoms with Gasteiger partial charge in [0.05, 0.1) is 0 Å². The van der Waals surface area contributed by atoms with Crippen molar-refractivity contribution in [2.24, 2.45) is 17.8 Å². The van der Waals surface area contributed by atoms with Crippen LogP contribution in [0.4, 0.5) is 5.69 Å². The van der Waals surface area contributed by atoms with Crippen LogP contribution in [0.15, 0.2) is 52.3 Å². The second-order valence-corrected chi connectivity index (χ2v) is 13.1. The third kappa shape index (κ3) is 8.39. The van der Waals surface area contributed by atoms with E-state index in [4.69, 9.17) is 4.42 Å². The summed E-state index contributed by atoms with van der Waals surface area (Å²) in [5.41, 5.74) is 0.176. The van der Waals surface area contributed by atoms with Gasteiger partial charge in [-0.25, -0.2) is 0 Å². The number of fused-ring (bicyclic) bond motifs is 3. The van der Waals surface area contributed by atoms with Gasteiger partial charge in [-0.05, 0) is 86.1 Å². The van der Waals surface area contributed by atoms with Gasteiger partial charge in [0.2, 0.25) is 17.6 Å². The summed E-state index contributed by atoms with van der Waals surface area (Å²) in [7, 11) is 0. The fourth-order valence-corrected chi connectivity index (χ4v) is 7.32. The molecule has 0 radical (unpaired) electrons. The number of rotatable bonds is 14. The number of aryl methyl sites for hydroxylation is 1. The highest BCUT2D eigenvalue weighted by atomic mass is 16.4. The fraction of sp³-hybridized carbons (Fsp3) is 0.500. The van der Waals surface area contributed by atoms with E-state index in [1.54, 1.807) is 18.2 Å². The highest BCUT2D eigenvalue weighted by Crippen LogP contribution is 2.43. The van der Waals surface area contributed by atoms with Crippen molar-refractivity contribution in [2.45, 2.75) is 89.8 Å². The minimum Gasteiger partial charge on any atom is -0.451 e. The number of carbonyl (C=O) groups is 5. The first-order valence-corrected chi connectivity index (χ1v) is 17.0. The van der Waals surface area contributed by atoms with Crippen LogP contribution < -0.4 is 26.8 Å². The number of amides is 4. The van der Waals surface area contributed by atoms with Gasteiger partial charge in [-0.15, -0.1) is 6.58 Å². The molecular weight excluding hydrogens is 614 g/mol. The van der Waals surface area contributed by atoms with Crippen molar-refractivity contribution in [2.75, 3.05) is 11.9 Å². The minimum atomic E-state index is -1.29. The van der Waals surface area contributed by atoms with Crippen molar-refractivity contribution < 1.29 is 28.4 Å². The quantitative estimate of drug-likeness (QED) is 0.178. The molecule has 256 valence electrons. The van der Waals surface area contributed by atoms with Crippen LogP contribution in [0.2, 0.25) is 0 Å². The first kappa shape index (κ1) is 34.6. The maximum atomic E-state index is 13.5. The zero-order valence-corrected chi connectivity index (χ0v) is 27.4. The molecule has 4 N–H and O–H groups in total. The van der Waals surface area contributed by atoms with Crippen LogP contribution in [-0.2, 0) is 32.1 Å². The molecule has 5 atom stereocenters. The molecular formula is C36H45N5O7. The monoisotopic (exact) mass is 659 g/mol. The van der Waals surface area contributed by atoms with Gasteiger partial charge in [-0.1, -0.05) is 38.3 Å². The van der Waals surface area contributed by atoms with Crippen molar-refractivity contribution in [1.82, 2.24) is 20.5 Å². The lowest BCUT2D eigenvalue weighted by Gasteiger charge is -2.45. The lowest BCUT2D eigenvalue weighted by atomic mass is 9.64. The normalized spacial score (nSPS) is 21.7. The van der Waals surface area contributed by atoms with Crippen LogP contribution in [-0.4, -0.2) is 52.6 Å². The number of allylic oxidation sites excluding steroid dienone is 1. The van der Waals surface area contributed by atoms with Crippen LogP contribution in [0.1, 0.15) is 86.6 Å². The van der Waals surface area contributed by atoms with Crippen molar-refractivity contribution >= 4 is 41.2 Å². The summed E-state index contributed by atoms with van der Waals surface area (Å²) in [6.07, 6.45) is 14.4. The number of hydrogen-bond acceptors (Lipinski definition) is 7. The first-order valence-electron chi connectivity index (χ1n) is 17.0. The first-order chi connectivity index (χ1) is 23.2. The molecule has 12 nitrogen and oxygen atoms in total. The molecule has 2 aromatic heterocycles. The summed E-state index contributed by atoms with van der Waals surface area (Å²) in [4.78, 5) is 77.9. The Morgan fingerprint density at radius 2 is 2.00 bits per heavy atom. The van der Waals surface area contributed by atoms with Gasteiger partial charge in [0.1, 0.15) is 24.0 Å². The van der Waals surface area contributed by atoms with E-state index in [1.165, 1.54) is 35.7 Å². The molecule has 0 spiro atoms. The molecule has 5 rings (SSSR count). The largest absolute Gasteiger partial charge is 0.451 e. The number of pyridine rings is 1. The lowest BCUT2D eigenvalue weighted by molar-refractivity contribution is -0.138. The third-order valence-corrected chi connectivity index (χ3v) is 9.78. The SMILES string of the molecule is C=CCNC(=O)C(=O)CC[C@H](NC(=O)c1cc2c(o1)C=CCC2)C(=O)Nc1cccn(CC(=O)NC2C(CC)CC3CCCC2C3)c1=O. The van der Waals surface area contributed by atoms with E-state index in [9.17, 15) is 28.8 Å². The summed E-state index contributed by atoms with van der Waals surface area (Å²) >= 11 is 0. The zero-order chi connectivity index (χ0) is 34.2. The average Bonchev–Trinajstić information content (AvgIpc) is 3.53. The van der Waals surface area contributed by atoms with Gasteiger partial charge < -0.3 is 30.3 Å². The van der Waals surface area contributed by atoms with Gasteiger partial charge in [0.25, 0.3) is 17.4 Å². The van der Waals surface area contributed by atoms with E-state index in [2.05, 4.69) is 34.8 Å². The minimum absolute atomic E-state index is 0.000456. The number of hydrogen-bond donors (Lipinski definition) is 4. The number of anilines is 1. The number of Topliss-reactive ketones (excluding diaryl/α,β-unsaturated/α-hetero) is 1. The van der Waals surface area contributed by atoms with Gasteiger partial charge in [-0.3, -0.25) is 28.8 Å². The lowest BCUT2D eigenvalue weighted by Crippen LogP contribution is -2.51. The number of carbonyl (C=O) groups excluding carboxylic acids is 5. The van der Waals surface area contributed by atoms with Gasteiger partial charge >= 0.3 is 0 Å². The maximum Gasteiger partial charge on any atom is 0.287 e. The Morgan fingerprint density at radius 3 is 2.77 bits per heavy atom. The topological polar surface area (TPSA) is 169 Å². The van der Waals surface area contributed by atoms with Gasteiger partial charge in [-0.2, -0.15) is 0 Å². The van der Waals surface area contributed by atoms with Crippen molar-refractivity contribution in [3.05, 3.63) is 70.6 Å². The molecule has 3 aliphatic carbocycles. The molecule has 4 amide bonds. The predicted molar refractivity (Wildman–Crippen MR) is 180 cm³/mol. The van der Waals surface area contributed by atoms with Crippen LogP contribution >= 0.6 is 0 Å². The van der Waals surface area contributed by atoms with E-state index in [-0.39, 0.29) is 49.3 Å². The average molecular weight is 660 g/mol. The Labute approximate surface area is 279 Å². The van der Waals surface area contributed by atoms with Crippen molar-refractivity contribution in [1.29, 1.82) is 0 Å². The fourth-order valence-electron chi connectivity index (χ4n) is 7.32. The van der Waals surface area contributed by atoms with Crippen molar-refractivity contribution in [3.63, 3.8) is 0 Å². The summed E-state index contributed by atoms with van der Waals surface area (Å²) in [6, 6.07) is 3.36. The zero-order valence-electron chi connectivity index (χ0n) is 27.4. The molecule has 2 bridgehead atoms. The third-order valence-electron chi connectivity index (χ3n) is 9.78. The molecule has 2 heterocycles. The molecule has 0 aliphatic heterocycles. The van der Waals surface area contributed by atoms with E-state index in [0.29, 0.717) is 24.0 Å². The van der Waals surface area contributed by atoms with Crippen LogP contribution in [0.5, 0.6) is 0 Å². The van der Waals surface area contributed by atoms with Gasteiger partial charge in [0, 0.05) is 25.2 Å². The molecule has 2 fully saturated rings. The molecule has 2 aromatic rings. The van der Waals surface area contributed by atoms with E-state index in [0.717, 1.165) is 43.6 Å². The Bertz CT molecular complexity index is 1640. The number of furan rings is 1. The Balaban J connectivity index is 1.27. The summed E-state index contributed by atoms with van der Waals surface area (Å²) in [6.45, 7) is 5.54. The second-order valence-electron chi connectivity index (χ2n) is 13.1. The molecule has 48 heavy (non-hydrogen) atoms. The van der Waals surface area contributed by atoms with E-state index < -0.39 is 35.1 Å². The molecule has 3 aliphatic rings. The summed E-state index contributed by atoms with van der Waals surface area (Å²) < 4.78 is 6.91. The molecule has 0 saturated heterocycles. The maximum absolute atomic E-state index is 13.5.